The first-order valence-corrected chi connectivity index (χ1v) is 9.05. The molecule has 2 amide bonds. The van der Waals surface area contributed by atoms with E-state index in [1.54, 1.807) is 24.3 Å². The maximum atomic E-state index is 13.2. The zero-order chi connectivity index (χ0) is 21.6. The molecule has 0 bridgehead atoms. The number of anilines is 2. The van der Waals surface area contributed by atoms with Crippen molar-refractivity contribution in [3.8, 4) is 0 Å². The number of nitro groups is 1. The highest BCUT2D eigenvalue weighted by atomic mass is 35.5. The molecule has 0 saturated carbocycles. The minimum Gasteiger partial charge on any atom is -0.464 e. The van der Waals surface area contributed by atoms with Gasteiger partial charge in [-0.2, -0.15) is 5.10 Å². The Bertz CT molecular complexity index is 1100. The molecule has 4 rings (SSSR count). The molecule has 0 radical (unpaired) electrons. The molecule has 0 aromatic heterocycles. The second-order valence-corrected chi connectivity index (χ2v) is 6.94. The molecule has 152 valence electrons. The van der Waals surface area contributed by atoms with Crippen LogP contribution in [0.1, 0.15) is 0 Å². The molecule has 0 N–H and O–H groups in total. The van der Waals surface area contributed by atoms with Crippen LogP contribution in [0.15, 0.2) is 53.6 Å². The second kappa shape index (κ2) is 7.23. The molecule has 2 aromatic rings. The topological polar surface area (TPSA) is 122 Å². The van der Waals surface area contributed by atoms with Crippen LogP contribution in [-0.2, 0) is 19.1 Å². The lowest BCUT2D eigenvalue weighted by Gasteiger charge is -2.22. The van der Waals surface area contributed by atoms with Crippen LogP contribution in [0, 0.1) is 16.0 Å². The number of fused-ring (bicyclic) bond motifs is 1. The Morgan fingerprint density at radius 3 is 2.23 bits per heavy atom. The number of nitro benzene ring substituents is 1. The number of methoxy groups -OCH3 is 1. The number of hydrogen-bond donors (Lipinski definition) is 0. The Morgan fingerprint density at radius 2 is 1.67 bits per heavy atom. The zero-order valence-corrected chi connectivity index (χ0v) is 16.1. The Hall–Kier alpha value is -3.79. The number of hydrazone groups is 1. The molecular weight excluding hydrogens is 416 g/mol. The minimum absolute atomic E-state index is 0.158. The summed E-state index contributed by atoms with van der Waals surface area (Å²) < 4.78 is 4.74. The van der Waals surface area contributed by atoms with Crippen molar-refractivity contribution >= 4 is 52.2 Å². The Kier molecular flexibility index (Phi) is 4.70. The number of non-ortho nitro benzene ring substituents is 1. The van der Waals surface area contributed by atoms with E-state index in [2.05, 4.69) is 5.10 Å². The van der Waals surface area contributed by atoms with E-state index in [1.165, 1.54) is 29.3 Å². The summed E-state index contributed by atoms with van der Waals surface area (Å²) in [5.41, 5.74) is 0.239. The number of amides is 2. The number of benzene rings is 2. The van der Waals surface area contributed by atoms with Crippen LogP contribution in [0.25, 0.3) is 0 Å². The largest absolute Gasteiger partial charge is 0.464 e. The van der Waals surface area contributed by atoms with E-state index in [0.717, 1.165) is 12.0 Å². The molecule has 10 nitrogen and oxygen atoms in total. The Morgan fingerprint density at radius 1 is 1.07 bits per heavy atom. The quantitative estimate of drug-likeness (QED) is 0.316. The third kappa shape index (κ3) is 2.98. The van der Waals surface area contributed by atoms with E-state index in [-0.39, 0.29) is 17.1 Å². The second-order valence-electron chi connectivity index (χ2n) is 6.51. The van der Waals surface area contributed by atoms with Crippen molar-refractivity contribution in [1.82, 2.24) is 0 Å². The molecular formula is C19H13ClN4O6. The monoisotopic (exact) mass is 428 g/mol. The predicted molar refractivity (Wildman–Crippen MR) is 106 cm³/mol. The number of halogens is 1. The molecule has 2 atom stereocenters. The van der Waals surface area contributed by atoms with Crippen LogP contribution in [-0.4, -0.2) is 41.6 Å². The van der Waals surface area contributed by atoms with E-state index < -0.39 is 34.7 Å². The molecule has 2 heterocycles. The van der Waals surface area contributed by atoms with Crippen LogP contribution in [0.3, 0.4) is 0 Å². The summed E-state index contributed by atoms with van der Waals surface area (Å²) in [7, 11) is 1.15. The summed E-state index contributed by atoms with van der Waals surface area (Å²) in [6, 6.07) is 10.3. The average Bonchev–Trinajstić information content (AvgIpc) is 3.25. The van der Waals surface area contributed by atoms with Crippen molar-refractivity contribution < 1.29 is 24.0 Å². The summed E-state index contributed by atoms with van der Waals surface area (Å²) in [5.74, 6) is -3.28. The van der Waals surface area contributed by atoms with Gasteiger partial charge in [0, 0.05) is 17.2 Å². The van der Waals surface area contributed by atoms with Crippen LogP contribution in [0.4, 0.5) is 17.1 Å². The van der Waals surface area contributed by atoms with Gasteiger partial charge >= 0.3 is 5.97 Å². The first-order valence-electron chi connectivity index (χ1n) is 8.67. The van der Waals surface area contributed by atoms with Crippen LogP contribution < -0.4 is 9.91 Å². The smallest absolute Gasteiger partial charge is 0.355 e. The Labute approximate surface area is 174 Å². The highest BCUT2D eigenvalue weighted by Gasteiger charge is 2.59. The Balaban J connectivity index is 1.76. The van der Waals surface area contributed by atoms with Gasteiger partial charge in [0.05, 0.1) is 23.4 Å². The minimum atomic E-state index is -1.17. The highest BCUT2D eigenvalue weighted by Crippen LogP contribution is 2.38. The normalized spacial score (nSPS) is 20.3. The lowest BCUT2D eigenvalue weighted by molar-refractivity contribution is -0.384. The van der Waals surface area contributed by atoms with E-state index in [4.69, 9.17) is 16.3 Å². The molecule has 2 aliphatic heterocycles. The van der Waals surface area contributed by atoms with Crippen LogP contribution in [0.2, 0.25) is 5.02 Å². The van der Waals surface area contributed by atoms with Gasteiger partial charge in [-0.05, 0) is 36.4 Å². The fourth-order valence-corrected chi connectivity index (χ4v) is 3.60. The van der Waals surface area contributed by atoms with Crippen molar-refractivity contribution in [2.75, 3.05) is 17.0 Å². The van der Waals surface area contributed by atoms with Gasteiger partial charge in [0.15, 0.2) is 5.71 Å². The molecule has 1 fully saturated rings. The molecule has 11 heteroatoms. The molecule has 0 spiro atoms. The van der Waals surface area contributed by atoms with Crippen molar-refractivity contribution in [2.24, 2.45) is 11.0 Å². The van der Waals surface area contributed by atoms with Crippen molar-refractivity contribution in [3.05, 3.63) is 63.7 Å². The average molecular weight is 429 g/mol. The maximum absolute atomic E-state index is 13.2. The number of carbonyl (C=O) groups is 3. The van der Waals surface area contributed by atoms with Gasteiger partial charge < -0.3 is 4.74 Å². The lowest BCUT2D eigenvalue weighted by atomic mass is 9.98. The SMILES string of the molecule is COC(=O)C1=NN(c2ccc(Cl)cc2)[C@@H]2C(=O)N(c3ccc([N+](=O)[O-])cc3)C(=O)[C@H]12. The number of ether oxygens (including phenoxy) is 1. The number of hydrogen-bond acceptors (Lipinski definition) is 8. The standard InChI is InChI=1S/C19H13ClN4O6/c1-30-19(27)15-14-16(23(21-15)12-4-2-10(20)3-5-12)18(26)22(17(14)25)11-6-8-13(9-7-11)24(28)29/h2-9,14,16H,1H3/t14-,16+/m1/s1. The van der Waals surface area contributed by atoms with Crippen molar-refractivity contribution in [3.63, 3.8) is 0 Å². The van der Waals surface area contributed by atoms with E-state index in [9.17, 15) is 24.5 Å². The van der Waals surface area contributed by atoms with Gasteiger partial charge in [-0.3, -0.25) is 24.7 Å². The molecule has 0 aliphatic carbocycles. The molecule has 1 saturated heterocycles. The van der Waals surface area contributed by atoms with Gasteiger partial charge in [-0.25, -0.2) is 9.69 Å². The highest BCUT2D eigenvalue weighted by molar-refractivity contribution is 6.47. The molecule has 30 heavy (non-hydrogen) atoms. The summed E-state index contributed by atoms with van der Waals surface area (Å²) in [6.45, 7) is 0. The summed E-state index contributed by atoms with van der Waals surface area (Å²) in [5, 5.41) is 16.8. The number of rotatable bonds is 4. The first kappa shape index (κ1) is 19.5. The van der Waals surface area contributed by atoms with E-state index >= 15 is 0 Å². The summed E-state index contributed by atoms with van der Waals surface area (Å²) >= 11 is 5.92. The third-order valence-electron chi connectivity index (χ3n) is 4.85. The van der Waals surface area contributed by atoms with Gasteiger partial charge in [-0.15, -0.1) is 0 Å². The van der Waals surface area contributed by atoms with Crippen LogP contribution in [0.5, 0.6) is 0 Å². The zero-order valence-electron chi connectivity index (χ0n) is 15.4. The fourth-order valence-electron chi connectivity index (χ4n) is 3.47. The number of carbonyl (C=O) groups excluding carboxylic acids is 3. The maximum Gasteiger partial charge on any atom is 0.355 e. The van der Waals surface area contributed by atoms with E-state index in [0.29, 0.717) is 10.7 Å². The predicted octanol–water partition coefficient (Wildman–Crippen LogP) is 2.16. The van der Waals surface area contributed by atoms with Crippen molar-refractivity contribution in [1.29, 1.82) is 0 Å². The first-order chi connectivity index (χ1) is 14.3. The summed E-state index contributed by atoms with van der Waals surface area (Å²) in [6.07, 6.45) is 0. The van der Waals surface area contributed by atoms with Gasteiger partial charge in [0.2, 0.25) is 5.91 Å². The molecule has 0 unspecified atom stereocenters. The van der Waals surface area contributed by atoms with Crippen LogP contribution >= 0.6 is 11.6 Å². The molecule has 2 aliphatic rings. The van der Waals surface area contributed by atoms with E-state index in [1.807, 2.05) is 0 Å². The summed E-state index contributed by atoms with van der Waals surface area (Å²) in [4.78, 5) is 49.7. The number of imide groups is 1. The van der Waals surface area contributed by atoms with Gasteiger partial charge in [0.25, 0.3) is 11.6 Å². The number of esters is 1. The van der Waals surface area contributed by atoms with Crippen molar-refractivity contribution in [2.45, 2.75) is 6.04 Å². The van der Waals surface area contributed by atoms with Gasteiger partial charge in [0.1, 0.15) is 12.0 Å². The van der Waals surface area contributed by atoms with Gasteiger partial charge in [-0.1, -0.05) is 11.6 Å². The third-order valence-corrected chi connectivity index (χ3v) is 5.11. The fraction of sp³-hybridized carbons (Fsp3) is 0.158. The molecule has 2 aromatic carbocycles. The lowest BCUT2D eigenvalue weighted by Crippen LogP contribution is -2.39. The number of nitrogens with zero attached hydrogens (tertiary/aromatic N) is 4.